The molecule has 0 heterocycles. The van der Waals surface area contributed by atoms with Crippen LogP contribution in [-0.2, 0) is 0 Å². The summed E-state index contributed by atoms with van der Waals surface area (Å²) >= 11 is 0. The van der Waals surface area contributed by atoms with Gasteiger partial charge in [-0.3, -0.25) is 0 Å². The first-order chi connectivity index (χ1) is 8.87. The van der Waals surface area contributed by atoms with Gasteiger partial charge in [0.1, 0.15) is 0 Å². The molecule has 0 spiro atoms. The van der Waals surface area contributed by atoms with Crippen molar-refractivity contribution < 1.29 is 9.13 Å². The van der Waals surface area contributed by atoms with Gasteiger partial charge in [0, 0.05) is 6.04 Å². The Balaban J connectivity index is 2.00. The van der Waals surface area contributed by atoms with E-state index in [-0.39, 0.29) is 18.0 Å². The molecular formula is C16H24FNO. The molecule has 0 aliphatic heterocycles. The van der Waals surface area contributed by atoms with Gasteiger partial charge in [-0.05, 0) is 55.7 Å². The standard InChI is InChI=1S/C16H24FNO/c1-11(18)12-4-5-15(14(17)10-12)19-13-6-8-16(2,3)9-7-13/h4-5,10-11,13H,6-9,18H2,1-3H3/t11-/m1/s1. The maximum absolute atomic E-state index is 13.9. The highest BCUT2D eigenvalue weighted by atomic mass is 19.1. The van der Waals surface area contributed by atoms with Crippen molar-refractivity contribution in [1.29, 1.82) is 0 Å². The second kappa shape index (κ2) is 5.49. The van der Waals surface area contributed by atoms with Gasteiger partial charge in [0.25, 0.3) is 0 Å². The van der Waals surface area contributed by atoms with Gasteiger partial charge in [-0.15, -0.1) is 0 Å². The van der Waals surface area contributed by atoms with E-state index in [0.29, 0.717) is 11.2 Å². The molecular weight excluding hydrogens is 241 g/mol. The Morgan fingerprint density at radius 1 is 1.32 bits per heavy atom. The van der Waals surface area contributed by atoms with Crippen LogP contribution in [0.15, 0.2) is 18.2 Å². The van der Waals surface area contributed by atoms with E-state index in [1.807, 2.05) is 13.0 Å². The van der Waals surface area contributed by atoms with Gasteiger partial charge in [0.05, 0.1) is 6.10 Å². The summed E-state index contributed by atoms with van der Waals surface area (Å²) in [4.78, 5) is 0. The molecule has 106 valence electrons. The van der Waals surface area contributed by atoms with E-state index >= 15 is 0 Å². The van der Waals surface area contributed by atoms with Gasteiger partial charge in [-0.1, -0.05) is 19.9 Å². The van der Waals surface area contributed by atoms with Crippen LogP contribution in [-0.4, -0.2) is 6.10 Å². The van der Waals surface area contributed by atoms with Crippen LogP contribution in [0.4, 0.5) is 4.39 Å². The van der Waals surface area contributed by atoms with Crippen molar-refractivity contribution in [2.24, 2.45) is 11.1 Å². The molecule has 1 aliphatic carbocycles. The molecule has 0 aromatic heterocycles. The third-order valence-corrected chi connectivity index (χ3v) is 4.06. The van der Waals surface area contributed by atoms with Crippen molar-refractivity contribution in [2.75, 3.05) is 0 Å². The minimum absolute atomic E-state index is 0.142. The van der Waals surface area contributed by atoms with Crippen LogP contribution in [0, 0.1) is 11.2 Å². The predicted octanol–water partition coefficient (Wildman–Crippen LogP) is 4.19. The van der Waals surface area contributed by atoms with E-state index < -0.39 is 0 Å². The number of rotatable bonds is 3. The molecule has 1 saturated carbocycles. The fourth-order valence-corrected chi connectivity index (χ4v) is 2.57. The van der Waals surface area contributed by atoms with E-state index in [4.69, 9.17) is 10.5 Å². The quantitative estimate of drug-likeness (QED) is 0.889. The molecule has 0 unspecified atom stereocenters. The normalized spacial score (nSPS) is 21.1. The van der Waals surface area contributed by atoms with E-state index in [1.165, 1.54) is 6.07 Å². The molecule has 0 bridgehead atoms. The number of benzene rings is 1. The third kappa shape index (κ3) is 3.69. The van der Waals surface area contributed by atoms with Crippen LogP contribution < -0.4 is 10.5 Å². The smallest absolute Gasteiger partial charge is 0.165 e. The van der Waals surface area contributed by atoms with E-state index in [0.717, 1.165) is 31.2 Å². The molecule has 1 aromatic rings. The van der Waals surface area contributed by atoms with Crippen molar-refractivity contribution in [3.8, 4) is 5.75 Å². The fourth-order valence-electron chi connectivity index (χ4n) is 2.57. The maximum Gasteiger partial charge on any atom is 0.165 e. The molecule has 1 atom stereocenters. The Bertz CT molecular complexity index is 432. The van der Waals surface area contributed by atoms with Crippen LogP contribution >= 0.6 is 0 Å². The van der Waals surface area contributed by atoms with Crippen molar-refractivity contribution in [1.82, 2.24) is 0 Å². The molecule has 3 heteroatoms. The highest BCUT2D eigenvalue weighted by Gasteiger charge is 2.28. The summed E-state index contributed by atoms with van der Waals surface area (Å²) in [6.45, 7) is 6.40. The first-order valence-corrected chi connectivity index (χ1v) is 7.09. The Morgan fingerprint density at radius 2 is 1.95 bits per heavy atom. The number of halogens is 1. The lowest BCUT2D eigenvalue weighted by Crippen LogP contribution is -2.28. The topological polar surface area (TPSA) is 35.2 Å². The summed E-state index contributed by atoms with van der Waals surface area (Å²) in [5.41, 5.74) is 6.94. The monoisotopic (exact) mass is 265 g/mol. The molecule has 1 fully saturated rings. The molecule has 2 N–H and O–H groups in total. The van der Waals surface area contributed by atoms with Crippen molar-refractivity contribution in [3.05, 3.63) is 29.6 Å². The summed E-state index contributed by atoms with van der Waals surface area (Å²) in [6.07, 6.45) is 4.42. The lowest BCUT2D eigenvalue weighted by Gasteiger charge is -2.34. The highest BCUT2D eigenvalue weighted by Crippen LogP contribution is 2.37. The SMILES string of the molecule is C[C@@H](N)c1ccc(OC2CCC(C)(C)CC2)c(F)c1. The molecule has 2 nitrogen and oxygen atoms in total. The van der Waals surface area contributed by atoms with Crippen LogP contribution in [0.1, 0.15) is 58.1 Å². The van der Waals surface area contributed by atoms with Crippen molar-refractivity contribution in [2.45, 2.75) is 58.6 Å². The zero-order valence-corrected chi connectivity index (χ0v) is 12.1. The Morgan fingerprint density at radius 3 is 2.47 bits per heavy atom. The fraction of sp³-hybridized carbons (Fsp3) is 0.625. The minimum atomic E-state index is -0.306. The van der Waals surface area contributed by atoms with Gasteiger partial charge >= 0.3 is 0 Å². The molecule has 19 heavy (non-hydrogen) atoms. The van der Waals surface area contributed by atoms with Gasteiger partial charge in [0.2, 0.25) is 0 Å². The Hall–Kier alpha value is -1.09. The summed E-state index contributed by atoms with van der Waals surface area (Å²) in [6, 6.07) is 4.87. The number of nitrogens with two attached hydrogens (primary N) is 1. The Kier molecular flexibility index (Phi) is 4.14. The highest BCUT2D eigenvalue weighted by molar-refractivity contribution is 5.31. The van der Waals surface area contributed by atoms with E-state index in [2.05, 4.69) is 13.8 Å². The molecule has 0 saturated heterocycles. The van der Waals surface area contributed by atoms with Crippen molar-refractivity contribution in [3.63, 3.8) is 0 Å². The van der Waals surface area contributed by atoms with Gasteiger partial charge in [0.15, 0.2) is 11.6 Å². The Labute approximate surface area is 115 Å². The first kappa shape index (κ1) is 14.3. The predicted molar refractivity (Wildman–Crippen MR) is 75.7 cm³/mol. The second-order valence-corrected chi connectivity index (χ2v) is 6.46. The zero-order chi connectivity index (χ0) is 14.0. The van der Waals surface area contributed by atoms with Crippen molar-refractivity contribution >= 4 is 0 Å². The van der Waals surface area contributed by atoms with Gasteiger partial charge in [-0.25, -0.2) is 4.39 Å². The van der Waals surface area contributed by atoms with Gasteiger partial charge < -0.3 is 10.5 Å². The number of ether oxygens (including phenoxy) is 1. The molecule has 0 amide bonds. The van der Waals surface area contributed by atoms with Gasteiger partial charge in [-0.2, -0.15) is 0 Å². The summed E-state index contributed by atoms with van der Waals surface area (Å²) in [7, 11) is 0. The molecule has 0 radical (unpaired) electrons. The van der Waals surface area contributed by atoms with E-state index in [1.54, 1.807) is 6.07 Å². The lowest BCUT2D eigenvalue weighted by atomic mass is 9.76. The molecule has 2 rings (SSSR count). The van der Waals surface area contributed by atoms with Crippen LogP contribution in [0.25, 0.3) is 0 Å². The first-order valence-electron chi connectivity index (χ1n) is 7.09. The molecule has 1 aromatic carbocycles. The zero-order valence-electron chi connectivity index (χ0n) is 12.1. The minimum Gasteiger partial charge on any atom is -0.487 e. The van der Waals surface area contributed by atoms with E-state index in [9.17, 15) is 4.39 Å². The third-order valence-electron chi connectivity index (χ3n) is 4.06. The summed E-state index contributed by atoms with van der Waals surface area (Å²) in [5, 5.41) is 0. The second-order valence-electron chi connectivity index (χ2n) is 6.46. The average Bonchev–Trinajstić information content (AvgIpc) is 2.34. The lowest BCUT2D eigenvalue weighted by molar-refractivity contribution is 0.0952. The van der Waals surface area contributed by atoms with Crippen LogP contribution in [0.2, 0.25) is 0 Å². The average molecular weight is 265 g/mol. The summed E-state index contributed by atoms with van der Waals surface area (Å²) in [5.74, 6) is 0.0498. The number of hydrogen-bond acceptors (Lipinski definition) is 2. The summed E-state index contributed by atoms with van der Waals surface area (Å²) < 4.78 is 19.7. The number of hydrogen-bond donors (Lipinski definition) is 1. The largest absolute Gasteiger partial charge is 0.487 e. The van der Waals surface area contributed by atoms with Crippen LogP contribution in [0.5, 0.6) is 5.75 Å². The maximum atomic E-state index is 13.9. The van der Waals surface area contributed by atoms with Crippen LogP contribution in [0.3, 0.4) is 0 Å². The molecule has 1 aliphatic rings.